The van der Waals surface area contributed by atoms with Crippen LogP contribution in [0.3, 0.4) is 0 Å². The van der Waals surface area contributed by atoms with Crippen LogP contribution in [-0.4, -0.2) is 33.3 Å². The molecule has 6 nitrogen and oxygen atoms in total. The maximum Gasteiger partial charge on any atom is 0.251 e. The molecule has 1 aromatic heterocycles. The van der Waals surface area contributed by atoms with Crippen molar-refractivity contribution < 1.29 is 14.4 Å². The number of hydrogen-bond acceptors (Lipinski definition) is 5. The molecule has 0 radical (unpaired) electrons. The molecule has 0 bridgehead atoms. The summed E-state index contributed by atoms with van der Waals surface area (Å²) in [6, 6.07) is 7.23. The van der Waals surface area contributed by atoms with Crippen molar-refractivity contribution in [1.82, 2.24) is 15.5 Å². The smallest absolute Gasteiger partial charge is 0.251 e. The Balaban J connectivity index is 1.54. The van der Waals surface area contributed by atoms with Gasteiger partial charge >= 0.3 is 0 Å². The van der Waals surface area contributed by atoms with Crippen molar-refractivity contribution in [2.45, 2.75) is 50.0 Å². The van der Waals surface area contributed by atoms with E-state index in [0.29, 0.717) is 23.2 Å². The normalized spacial score (nSPS) is 19.4. The van der Waals surface area contributed by atoms with Gasteiger partial charge in [-0.25, -0.2) is 0 Å². The van der Waals surface area contributed by atoms with E-state index in [1.807, 2.05) is 12.1 Å². The molecule has 6 heteroatoms. The first kappa shape index (κ1) is 15.3. The summed E-state index contributed by atoms with van der Waals surface area (Å²) in [5.74, 6) is 1.44. The van der Waals surface area contributed by atoms with E-state index >= 15 is 0 Å². The van der Waals surface area contributed by atoms with Crippen molar-refractivity contribution in [3.05, 3.63) is 35.7 Å². The van der Waals surface area contributed by atoms with Crippen LogP contribution >= 0.6 is 0 Å². The van der Waals surface area contributed by atoms with Gasteiger partial charge in [0.05, 0.1) is 12.1 Å². The zero-order valence-electron chi connectivity index (χ0n) is 13.5. The predicted molar refractivity (Wildman–Crippen MR) is 87.5 cm³/mol. The van der Waals surface area contributed by atoms with Gasteiger partial charge in [-0.2, -0.15) is 4.98 Å². The molecule has 2 saturated carbocycles. The summed E-state index contributed by atoms with van der Waals surface area (Å²) >= 11 is 0. The second-order valence-corrected chi connectivity index (χ2v) is 6.91. The van der Waals surface area contributed by atoms with Gasteiger partial charge in [-0.15, -0.1) is 0 Å². The molecule has 2 aliphatic carbocycles. The number of carbonyl (C=O) groups is 1. The van der Waals surface area contributed by atoms with Gasteiger partial charge in [0.15, 0.2) is 0 Å². The van der Waals surface area contributed by atoms with E-state index < -0.39 is 5.54 Å². The molecular formula is C18H21N3O3. The Morgan fingerprint density at radius 3 is 2.83 bits per heavy atom. The van der Waals surface area contributed by atoms with Crippen molar-refractivity contribution in [2.24, 2.45) is 0 Å². The third kappa shape index (κ3) is 2.94. The summed E-state index contributed by atoms with van der Waals surface area (Å²) in [6.45, 7) is -0.0198. The molecule has 0 saturated heterocycles. The molecule has 1 amide bonds. The molecule has 2 aliphatic rings. The predicted octanol–water partition coefficient (Wildman–Crippen LogP) is 2.65. The number of nitrogens with one attached hydrogen (secondary N) is 1. The van der Waals surface area contributed by atoms with Gasteiger partial charge in [0.25, 0.3) is 5.91 Å². The first-order valence-electron chi connectivity index (χ1n) is 8.57. The van der Waals surface area contributed by atoms with Crippen LogP contribution in [0.5, 0.6) is 0 Å². The minimum Gasteiger partial charge on any atom is -0.394 e. The van der Waals surface area contributed by atoms with Gasteiger partial charge in [-0.05, 0) is 37.8 Å². The molecule has 2 N–H and O–H groups in total. The highest BCUT2D eigenvalue weighted by molar-refractivity contribution is 5.95. The van der Waals surface area contributed by atoms with Crippen molar-refractivity contribution in [2.75, 3.05) is 6.61 Å². The maximum atomic E-state index is 12.6. The SMILES string of the molecule is O=C(NC1(CO)CCCC1)c1cccc(-c2noc(C3CC3)n2)c1. The van der Waals surface area contributed by atoms with E-state index in [1.165, 1.54) is 0 Å². The summed E-state index contributed by atoms with van der Waals surface area (Å²) in [4.78, 5) is 17.0. The molecule has 0 spiro atoms. The lowest BCUT2D eigenvalue weighted by atomic mass is 9.98. The van der Waals surface area contributed by atoms with Gasteiger partial charge in [0, 0.05) is 17.0 Å². The van der Waals surface area contributed by atoms with Gasteiger partial charge in [0.2, 0.25) is 11.7 Å². The van der Waals surface area contributed by atoms with Gasteiger partial charge in [0.1, 0.15) is 0 Å². The number of carbonyl (C=O) groups excluding carboxylic acids is 1. The fourth-order valence-corrected chi connectivity index (χ4v) is 3.34. The number of rotatable bonds is 5. The summed E-state index contributed by atoms with van der Waals surface area (Å²) < 4.78 is 5.29. The van der Waals surface area contributed by atoms with Gasteiger partial charge < -0.3 is 14.9 Å². The number of amides is 1. The van der Waals surface area contributed by atoms with Crippen LogP contribution in [0, 0.1) is 0 Å². The first-order chi connectivity index (χ1) is 11.7. The maximum absolute atomic E-state index is 12.6. The quantitative estimate of drug-likeness (QED) is 0.881. The van der Waals surface area contributed by atoms with E-state index in [2.05, 4.69) is 15.5 Å². The zero-order valence-corrected chi connectivity index (χ0v) is 13.5. The second-order valence-electron chi connectivity index (χ2n) is 6.91. The van der Waals surface area contributed by atoms with Crippen LogP contribution < -0.4 is 5.32 Å². The minimum absolute atomic E-state index is 0.0198. The summed E-state index contributed by atoms with van der Waals surface area (Å²) in [5.41, 5.74) is 0.839. The number of nitrogens with zero attached hydrogens (tertiary/aromatic N) is 2. The Bertz CT molecular complexity index is 745. The second kappa shape index (κ2) is 6.02. The number of benzene rings is 1. The number of aliphatic hydroxyl groups is 1. The molecule has 0 unspecified atom stereocenters. The molecule has 2 fully saturated rings. The van der Waals surface area contributed by atoms with E-state index in [1.54, 1.807) is 12.1 Å². The minimum atomic E-state index is -0.474. The fourth-order valence-electron chi connectivity index (χ4n) is 3.34. The summed E-state index contributed by atoms with van der Waals surface area (Å²) in [6.07, 6.45) is 5.93. The molecule has 24 heavy (non-hydrogen) atoms. The summed E-state index contributed by atoms with van der Waals surface area (Å²) in [5, 5.41) is 16.7. The van der Waals surface area contributed by atoms with Crippen molar-refractivity contribution in [3.63, 3.8) is 0 Å². The van der Waals surface area contributed by atoms with Crippen LogP contribution in [-0.2, 0) is 0 Å². The van der Waals surface area contributed by atoms with Gasteiger partial charge in [-0.1, -0.05) is 30.1 Å². The Morgan fingerprint density at radius 2 is 2.12 bits per heavy atom. The molecule has 126 valence electrons. The van der Waals surface area contributed by atoms with Crippen LogP contribution in [0.2, 0.25) is 0 Å². The highest BCUT2D eigenvalue weighted by Crippen LogP contribution is 2.39. The van der Waals surface area contributed by atoms with E-state index in [4.69, 9.17) is 4.52 Å². The van der Waals surface area contributed by atoms with E-state index in [-0.39, 0.29) is 12.5 Å². The highest BCUT2D eigenvalue weighted by atomic mass is 16.5. The van der Waals surface area contributed by atoms with Crippen LogP contribution in [0.1, 0.15) is 60.7 Å². The lowest BCUT2D eigenvalue weighted by molar-refractivity contribution is 0.0838. The van der Waals surface area contributed by atoms with Crippen molar-refractivity contribution in [3.8, 4) is 11.4 Å². The van der Waals surface area contributed by atoms with E-state index in [0.717, 1.165) is 44.1 Å². The van der Waals surface area contributed by atoms with Crippen molar-refractivity contribution in [1.29, 1.82) is 0 Å². The average molecular weight is 327 g/mol. The largest absolute Gasteiger partial charge is 0.394 e. The molecule has 1 aromatic carbocycles. The Labute approximate surface area is 140 Å². The number of aliphatic hydroxyl groups excluding tert-OH is 1. The topological polar surface area (TPSA) is 88.2 Å². The number of hydrogen-bond donors (Lipinski definition) is 2. The van der Waals surface area contributed by atoms with Crippen LogP contribution in [0.15, 0.2) is 28.8 Å². The Hall–Kier alpha value is -2.21. The Kier molecular flexibility index (Phi) is 3.84. The highest BCUT2D eigenvalue weighted by Gasteiger charge is 2.35. The zero-order chi connectivity index (χ0) is 16.6. The third-order valence-electron chi connectivity index (χ3n) is 4.99. The molecule has 1 heterocycles. The lowest BCUT2D eigenvalue weighted by Gasteiger charge is -2.28. The molecule has 4 rings (SSSR count). The molecule has 0 atom stereocenters. The average Bonchev–Trinajstić information content (AvgIpc) is 3.16. The lowest BCUT2D eigenvalue weighted by Crippen LogP contribution is -2.49. The van der Waals surface area contributed by atoms with Crippen molar-refractivity contribution >= 4 is 5.91 Å². The molecule has 0 aliphatic heterocycles. The standard InChI is InChI=1S/C18H21N3O3/c22-11-18(8-1-2-9-18)20-16(23)14-5-3-4-13(10-14)15-19-17(24-21-15)12-6-7-12/h3-5,10,12,22H,1-2,6-9,11H2,(H,20,23). The van der Waals surface area contributed by atoms with Crippen LogP contribution in [0.25, 0.3) is 11.4 Å². The number of aromatic nitrogens is 2. The Morgan fingerprint density at radius 1 is 1.33 bits per heavy atom. The molecular weight excluding hydrogens is 306 g/mol. The van der Waals surface area contributed by atoms with Gasteiger partial charge in [-0.3, -0.25) is 4.79 Å². The monoisotopic (exact) mass is 327 g/mol. The molecule has 2 aromatic rings. The fraction of sp³-hybridized carbons (Fsp3) is 0.500. The first-order valence-corrected chi connectivity index (χ1v) is 8.57. The van der Waals surface area contributed by atoms with E-state index in [9.17, 15) is 9.90 Å². The third-order valence-corrected chi connectivity index (χ3v) is 4.99. The summed E-state index contributed by atoms with van der Waals surface area (Å²) in [7, 11) is 0. The van der Waals surface area contributed by atoms with Crippen LogP contribution in [0.4, 0.5) is 0 Å².